The van der Waals surface area contributed by atoms with Crippen LogP contribution in [0.1, 0.15) is 48.0 Å². The first-order chi connectivity index (χ1) is 16.4. The predicted molar refractivity (Wildman–Crippen MR) is 133 cm³/mol. The molecule has 4 rings (SSSR count). The molecule has 0 aromatic heterocycles. The molecule has 7 nitrogen and oxygen atoms in total. The second kappa shape index (κ2) is 10.5. The van der Waals surface area contributed by atoms with Crippen molar-refractivity contribution in [1.82, 2.24) is 0 Å². The molecule has 2 aromatic carbocycles. The van der Waals surface area contributed by atoms with Crippen molar-refractivity contribution >= 4 is 34.8 Å². The largest absolute Gasteiger partial charge is 0.481 e. The van der Waals surface area contributed by atoms with Crippen LogP contribution in [0.5, 0.6) is 0 Å². The standard InChI is InChI=1S/C27H31N3O4/c1-18-9-11-19(12-10-18)28-26(32)23-17-20(13-14-24(23)30-15-5-2-6-16-30)29-25(31)21-7-3-4-8-22(21)27(33)34/h3-4,9-14,17,21-22H,2,5-8,15-16H2,1H3,(H,28,32)(H,29,31)(H,33,34)/t21-,22+/m1/s1. The number of nitrogens with one attached hydrogen (secondary N) is 2. The van der Waals surface area contributed by atoms with E-state index in [0.717, 1.165) is 37.2 Å². The van der Waals surface area contributed by atoms with Crippen LogP contribution in [-0.2, 0) is 9.59 Å². The summed E-state index contributed by atoms with van der Waals surface area (Å²) in [5.74, 6) is -2.95. The quantitative estimate of drug-likeness (QED) is 0.535. The number of amides is 2. The molecule has 0 unspecified atom stereocenters. The number of aryl methyl sites for hydroxylation is 1. The normalized spacial score (nSPS) is 20.0. The van der Waals surface area contributed by atoms with Gasteiger partial charge in [-0.25, -0.2) is 0 Å². The number of carboxylic acid groups (broad SMARTS) is 1. The summed E-state index contributed by atoms with van der Waals surface area (Å²) in [6.07, 6.45) is 7.71. The summed E-state index contributed by atoms with van der Waals surface area (Å²) in [4.78, 5) is 40.1. The molecule has 1 aliphatic heterocycles. The van der Waals surface area contributed by atoms with Gasteiger partial charge in [-0.15, -0.1) is 0 Å². The average molecular weight is 462 g/mol. The predicted octanol–water partition coefficient (Wildman–Crippen LogP) is 4.84. The van der Waals surface area contributed by atoms with Crippen molar-refractivity contribution in [3.05, 3.63) is 65.7 Å². The van der Waals surface area contributed by atoms with Crippen LogP contribution in [0.2, 0.25) is 0 Å². The molecule has 7 heteroatoms. The number of carbonyl (C=O) groups excluding carboxylic acids is 2. The number of benzene rings is 2. The van der Waals surface area contributed by atoms with E-state index in [2.05, 4.69) is 15.5 Å². The lowest BCUT2D eigenvalue weighted by Gasteiger charge is -2.31. The number of carboxylic acids is 1. The smallest absolute Gasteiger partial charge is 0.307 e. The molecule has 2 atom stereocenters. The summed E-state index contributed by atoms with van der Waals surface area (Å²) in [7, 11) is 0. The Hall–Kier alpha value is -3.61. The topological polar surface area (TPSA) is 98.7 Å². The molecule has 3 N–H and O–H groups in total. The number of nitrogens with zero attached hydrogens (tertiary/aromatic N) is 1. The Balaban J connectivity index is 1.59. The number of rotatable bonds is 6. The minimum atomic E-state index is -0.969. The van der Waals surface area contributed by atoms with Crippen LogP contribution in [0.25, 0.3) is 0 Å². The van der Waals surface area contributed by atoms with E-state index >= 15 is 0 Å². The van der Waals surface area contributed by atoms with E-state index in [1.807, 2.05) is 49.4 Å². The van der Waals surface area contributed by atoms with Crippen LogP contribution >= 0.6 is 0 Å². The second-order valence-corrected chi connectivity index (χ2v) is 9.08. The van der Waals surface area contributed by atoms with E-state index in [9.17, 15) is 19.5 Å². The van der Waals surface area contributed by atoms with Gasteiger partial charge in [0, 0.05) is 30.2 Å². The Morgan fingerprint density at radius 2 is 1.50 bits per heavy atom. The van der Waals surface area contributed by atoms with Crippen LogP contribution < -0.4 is 15.5 Å². The fraction of sp³-hybridized carbons (Fsp3) is 0.370. The fourth-order valence-corrected chi connectivity index (χ4v) is 4.65. The number of aliphatic carboxylic acids is 1. The SMILES string of the molecule is Cc1ccc(NC(=O)c2cc(NC(=O)[C@@H]3CC=CC[C@@H]3C(=O)O)ccc2N2CCCCC2)cc1. The number of hydrogen-bond acceptors (Lipinski definition) is 4. The van der Waals surface area contributed by atoms with Gasteiger partial charge in [-0.3, -0.25) is 14.4 Å². The maximum absolute atomic E-state index is 13.3. The monoisotopic (exact) mass is 461 g/mol. The number of carbonyl (C=O) groups is 3. The van der Waals surface area contributed by atoms with Crippen LogP contribution in [0.4, 0.5) is 17.1 Å². The van der Waals surface area contributed by atoms with Gasteiger partial charge in [0.2, 0.25) is 5.91 Å². The lowest BCUT2D eigenvalue weighted by atomic mass is 9.82. The van der Waals surface area contributed by atoms with E-state index in [4.69, 9.17) is 0 Å². The zero-order valence-corrected chi connectivity index (χ0v) is 19.4. The Morgan fingerprint density at radius 1 is 0.853 bits per heavy atom. The van der Waals surface area contributed by atoms with Crippen molar-refractivity contribution in [3.63, 3.8) is 0 Å². The van der Waals surface area contributed by atoms with Crippen molar-refractivity contribution in [2.24, 2.45) is 11.8 Å². The summed E-state index contributed by atoms with van der Waals surface area (Å²) in [6.45, 7) is 3.75. The van der Waals surface area contributed by atoms with Gasteiger partial charge in [-0.2, -0.15) is 0 Å². The van der Waals surface area contributed by atoms with Gasteiger partial charge in [-0.1, -0.05) is 29.8 Å². The first-order valence-electron chi connectivity index (χ1n) is 11.9. The summed E-state index contributed by atoms with van der Waals surface area (Å²) >= 11 is 0. The van der Waals surface area contributed by atoms with Crippen LogP contribution in [0, 0.1) is 18.8 Å². The van der Waals surface area contributed by atoms with E-state index in [-0.39, 0.29) is 11.8 Å². The summed E-state index contributed by atoms with van der Waals surface area (Å²) in [6, 6.07) is 13.0. The first-order valence-corrected chi connectivity index (χ1v) is 11.9. The molecule has 0 spiro atoms. The van der Waals surface area contributed by atoms with E-state index in [0.29, 0.717) is 29.8 Å². The molecule has 0 saturated carbocycles. The Morgan fingerprint density at radius 3 is 2.18 bits per heavy atom. The molecule has 1 fully saturated rings. The first kappa shape index (κ1) is 23.5. The lowest BCUT2D eigenvalue weighted by Crippen LogP contribution is -2.35. The molecule has 2 aliphatic rings. The molecular formula is C27H31N3O4. The van der Waals surface area contributed by atoms with E-state index < -0.39 is 17.8 Å². The summed E-state index contributed by atoms with van der Waals surface area (Å²) in [5.41, 5.74) is 3.62. The third-order valence-electron chi connectivity index (χ3n) is 6.60. The van der Waals surface area contributed by atoms with Crippen LogP contribution in [0.15, 0.2) is 54.6 Å². The van der Waals surface area contributed by atoms with Gasteiger partial charge < -0.3 is 20.6 Å². The number of piperidine rings is 1. The van der Waals surface area contributed by atoms with Gasteiger partial charge in [0.15, 0.2) is 0 Å². The highest BCUT2D eigenvalue weighted by Gasteiger charge is 2.34. The Bertz CT molecular complexity index is 1090. The third kappa shape index (κ3) is 5.47. The van der Waals surface area contributed by atoms with Gasteiger partial charge in [-0.05, 0) is 69.4 Å². The maximum Gasteiger partial charge on any atom is 0.307 e. The molecule has 1 saturated heterocycles. The lowest BCUT2D eigenvalue weighted by molar-refractivity contribution is -0.146. The molecular weight excluding hydrogens is 430 g/mol. The average Bonchev–Trinajstić information content (AvgIpc) is 2.86. The van der Waals surface area contributed by atoms with Gasteiger partial charge >= 0.3 is 5.97 Å². The highest BCUT2D eigenvalue weighted by Crippen LogP contribution is 2.30. The highest BCUT2D eigenvalue weighted by atomic mass is 16.4. The molecule has 1 aliphatic carbocycles. The van der Waals surface area contributed by atoms with E-state index in [1.54, 1.807) is 12.1 Å². The summed E-state index contributed by atoms with van der Waals surface area (Å²) < 4.78 is 0. The second-order valence-electron chi connectivity index (χ2n) is 9.08. The molecule has 1 heterocycles. The third-order valence-corrected chi connectivity index (χ3v) is 6.60. The Kier molecular flexibility index (Phi) is 7.30. The Labute approximate surface area is 199 Å². The van der Waals surface area contributed by atoms with Crippen molar-refractivity contribution < 1.29 is 19.5 Å². The number of allylic oxidation sites excluding steroid dienone is 2. The summed E-state index contributed by atoms with van der Waals surface area (Å²) in [5, 5.41) is 15.3. The molecule has 0 radical (unpaired) electrons. The molecule has 2 aromatic rings. The zero-order chi connectivity index (χ0) is 24.1. The maximum atomic E-state index is 13.3. The zero-order valence-electron chi connectivity index (χ0n) is 19.4. The number of anilines is 3. The highest BCUT2D eigenvalue weighted by molar-refractivity contribution is 6.09. The van der Waals surface area contributed by atoms with Crippen molar-refractivity contribution in [2.75, 3.05) is 28.6 Å². The van der Waals surface area contributed by atoms with Gasteiger partial charge in [0.1, 0.15) is 0 Å². The molecule has 0 bridgehead atoms. The van der Waals surface area contributed by atoms with Gasteiger partial charge in [0.25, 0.3) is 5.91 Å². The molecule has 2 amide bonds. The van der Waals surface area contributed by atoms with Crippen LogP contribution in [-0.4, -0.2) is 36.0 Å². The fourth-order valence-electron chi connectivity index (χ4n) is 4.65. The van der Waals surface area contributed by atoms with Gasteiger partial charge in [0.05, 0.1) is 17.4 Å². The minimum absolute atomic E-state index is 0.246. The molecule has 178 valence electrons. The minimum Gasteiger partial charge on any atom is -0.481 e. The van der Waals surface area contributed by atoms with Crippen molar-refractivity contribution in [1.29, 1.82) is 0 Å². The molecule has 34 heavy (non-hydrogen) atoms. The van der Waals surface area contributed by atoms with Crippen LogP contribution in [0.3, 0.4) is 0 Å². The van der Waals surface area contributed by atoms with Crippen molar-refractivity contribution in [2.45, 2.75) is 39.0 Å². The van der Waals surface area contributed by atoms with E-state index in [1.165, 1.54) is 6.42 Å². The number of hydrogen-bond donors (Lipinski definition) is 3. The van der Waals surface area contributed by atoms with Crippen molar-refractivity contribution in [3.8, 4) is 0 Å².